The van der Waals surface area contributed by atoms with Gasteiger partial charge in [-0.2, -0.15) is 0 Å². The lowest BCUT2D eigenvalue weighted by molar-refractivity contribution is -0.127. The van der Waals surface area contributed by atoms with Crippen molar-refractivity contribution in [3.05, 3.63) is 60.8 Å². The Morgan fingerprint density at radius 3 is 2.58 bits per heavy atom. The number of anilines is 1. The van der Waals surface area contributed by atoms with E-state index in [0.29, 0.717) is 20.9 Å². The SMILES string of the molecule is CC(C)Oc1ccc(/C=C2\SC(=O)N(CC(=O)Nc3ccc(Br)c(Cl)c3)C2=O)cc1Br. The van der Waals surface area contributed by atoms with Crippen LogP contribution in [0.25, 0.3) is 6.08 Å². The number of imide groups is 1. The van der Waals surface area contributed by atoms with Crippen LogP contribution in [0.2, 0.25) is 5.02 Å². The molecular weight excluding hydrogens is 572 g/mol. The van der Waals surface area contributed by atoms with Crippen LogP contribution in [0, 0.1) is 0 Å². The quantitative estimate of drug-likeness (QED) is 0.400. The second kappa shape index (κ2) is 10.2. The fraction of sp³-hybridized carbons (Fsp3) is 0.190. The first-order valence-corrected chi connectivity index (χ1v) is 11.9. The molecule has 31 heavy (non-hydrogen) atoms. The van der Waals surface area contributed by atoms with E-state index in [1.54, 1.807) is 42.5 Å². The summed E-state index contributed by atoms with van der Waals surface area (Å²) in [7, 11) is 0. The number of amides is 3. The number of nitrogens with one attached hydrogen (secondary N) is 1. The second-order valence-electron chi connectivity index (χ2n) is 6.80. The Bertz CT molecular complexity index is 1090. The fourth-order valence-corrected chi connectivity index (χ4v) is 4.42. The highest BCUT2D eigenvalue weighted by Crippen LogP contribution is 2.34. The molecule has 2 aromatic rings. The van der Waals surface area contributed by atoms with Gasteiger partial charge in [-0.15, -0.1) is 0 Å². The number of nitrogens with zero attached hydrogens (tertiary/aromatic N) is 1. The van der Waals surface area contributed by atoms with Gasteiger partial charge in [-0.3, -0.25) is 19.3 Å². The molecule has 0 bridgehead atoms. The minimum absolute atomic E-state index is 0.0261. The highest BCUT2D eigenvalue weighted by molar-refractivity contribution is 9.10. The van der Waals surface area contributed by atoms with Gasteiger partial charge in [-0.25, -0.2) is 0 Å². The number of halogens is 3. The van der Waals surface area contributed by atoms with Gasteiger partial charge in [0.25, 0.3) is 11.1 Å². The van der Waals surface area contributed by atoms with Gasteiger partial charge in [-0.1, -0.05) is 17.7 Å². The predicted octanol–water partition coefficient (Wildman–Crippen LogP) is 6.33. The third kappa shape index (κ3) is 6.12. The Kier molecular flexibility index (Phi) is 7.85. The second-order valence-corrected chi connectivity index (χ2v) is 9.91. The molecule has 0 saturated carbocycles. The first kappa shape index (κ1) is 23.8. The lowest BCUT2D eigenvalue weighted by Gasteiger charge is -2.13. The Morgan fingerprint density at radius 2 is 1.94 bits per heavy atom. The summed E-state index contributed by atoms with van der Waals surface area (Å²) in [4.78, 5) is 38.5. The van der Waals surface area contributed by atoms with Crippen LogP contribution in [0.3, 0.4) is 0 Å². The van der Waals surface area contributed by atoms with E-state index in [2.05, 4.69) is 37.2 Å². The zero-order valence-corrected chi connectivity index (χ0v) is 21.2. The molecule has 0 unspecified atom stereocenters. The number of rotatable bonds is 6. The molecule has 1 aliphatic heterocycles. The van der Waals surface area contributed by atoms with Gasteiger partial charge in [0.05, 0.1) is 20.5 Å². The van der Waals surface area contributed by atoms with E-state index in [1.165, 1.54) is 0 Å². The summed E-state index contributed by atoms with van der Waals surface area (Å²) in [5.74, 6) is -0.331. The van der Waals surface area contributed by atoms with E-state index in [1.807, 2.05) is 13.8 Å². The van der Waals surface area contributed by atoms with Crippen LogP contribution in [0.15, 0.2) is 50.2 Å². The van der Waals surface area contributed by atoms with Crippen molar-refractivity contribution in [2.45, 2.75) is 20.0 Å². The third-order valence-electron chi connectivity index (χ3n) is 4.00. The number of thioether (sulfide) groups is 1. The number of hydrogen-bond acceptors (Lipinski definition) is 5. The molecule has 1 heterocycles. The van der Waals surface area contributed by atoms with Crippen LogP contribution in [0.4, 0.5) is 10.5 Å². The Morgan fingerprint density at radius 1 is 1.19 bits per heavy atom. The highest BCUT2D eigenvalue weighted by Gasteiger charge is 2.36. The molecule has 0 spiro atoms. The van der Waals surface area contributed by atoms with E-state index >= 15 is 0 Å². The molecule has 1 saturated heterocycles. The van der Waals surface area contributed by atoms with Gasteiger partial charge in [-0.05, 0) is 99.4 Å². The van der Waals surface area contributed by atoms with Gasteiger partial charge in [0.1, 0.15) is 12.3 Å². The molecule has 6 nitrogen and oxygen atoms in total. The third-order valence-corrected chi connectivity index (χ3v) is 6.75. The lowest BCUT2D eigenvalue weighted by atomic mass is 10.2. The number of benzene rings is 2. The highest BCUT2D eigenvalue weighted by atomic mass is 79.9. The van der Waals surface area contributed by atoms with Crippen LogP contribution >= 0.6 is 55.2 Å². The van der Waals surface area contributed by atoms with Gasteiger partial charge in [0, 0.05) is 10.2 Å². The summed E-state index contributed by atoms with van der Waals surface area (Å²) in [6.45, 7) is 3.47. The molecule has 0 atom stereocenters. The summed E-state index contributed by atoms with van der Waals surface area (Å²) < 4.78 is 7.11. The van der Waals surface area contributed by atoms with Crippen LogP contribution in [0.1, 0.15) is 19.4 Å². The first-order valence-electron chi connectivity index (χ1n) is 9.10. The molecule has 162 valence electrons. The Hall–Kier alpha value is -1.81. The maximum atomic E-state index is 12.7. The molecule has 1 N–H and O–H groups in total. The minimum atomic E-state index is -0.516. The minimum Gasteiger partial charge on any atom is -0.490 e. The van der Waals surface area contributed by atoms with Crippen molar-refractivity contribution in [1.29, 1.82) is 0 Å². The summed E-state index contributed by atoms with van der Waals surface area (Å²) in [5, 5.41) is 2.56. The monoisotopic (exact) mass is 586 g/mol. The predicted molar refractivity (Wildman–Crippen MR) is 130 cm³/mol. The number of ether oxygens (including phenoxy) is 1. The van der Waals surface area contributed by atoms with Crippen LogP contribution in [-0.2, 0) is 9.59 Å². The van der Waals surface area contributed by atoms with Gasteiger partial charge < -0.3 is 10.1 Å². The van der Waals surface area contributed by atoms with Gasteiger partial charge in [0.2, 0.25) is 5.91 Å². The molecule has 0 radical (unpaired) electrons. The van der Waals surface area contributed by atoms with Crippen molar-refractivity contribution in [3.63, 3.8) is 0 Å². The number of carbonyl (C=O) groups is 3. The molecule has 2 aromatic carbocycles. The van der Waals surface area contributed by atoms with E-state index in [0.717, 1.165) is 26.7 Å². The first-order chi connectivity index (χ1) is 14.6. The maximum Gasteiger partial charge on any atom is 0.294 e. The molecule has 0 aromatic heterocycles. The topological polar surface area (TPSA) is 75.7 Å². The van der Waals surface area contributed by atoms with Gasteiger partial charge >= 0.3 is 0 Å². The van der Waals surface area contributed by atoms with E-state index in [-0.39, 0.29) is 17.6 Å². The summed E-state index contributed by atoms with van der Waals surface area (Å²) in [6, 6.07) is 10.3. The average Bonchev–Trinajstić information content (AvgIpc) is 2.94. The van der Waals surface area contributed by atoms with E-state index < -0.39 is 17.1 Å². The zero-order valence-electron chi connectivity index (χ0n) is 16.4. The molecule has 3 rings (SSSR count). The van der Waals surface area contributed by atoms with Crippen molar-refractivity contribution < 1.29 is 19.1 Å². The van der Waals surface area contributed by atoms with Crippen LogP contribution < -0.4 is 10.1 Å². The molecule has 3 amide bonds. The van der Waals surface area contributed by atoms with E-state index in [4.69, 9.17) is 16.3 Å². The number of hydrogen-bond donors (Lipinski definition) is 1. The molecule has 10 heteroatoms. The van der Waals surface area contributed by atoms with Gasteiger partial charge in [0.15, 0.2) is 0 Å². The van der Waals surface area contributed by atoms with Crippen molar-refractivity contribution in [1.82, 2.24) is 4.90 Å². The van der Waals surface area contributed by atoms with Crippen molar-refractivity contribution >= 4 is 84.0 Å². The number of carbonyl (C=O) groups excluding carboxylic acids is 3. The Balaban J connectivity index is 1.69. The standard InChI is InChI=1S/C21H17Br2ClN2O4S/c1-11(2)30-17-6-3-12(7-15(17)23)8-18-20(28)26(21(29)31-18)10-19(27)25-13-4-5-14(22)16(24)9-13/h3-9,11H,10H2,1-2H3,(H,25,27)/b18-8-. The van der Waals surface area contributed by atoms with Crippen LogP contribution in [-0.4, -0.2) is 34.6 Å². The van der Waals surface area contributed by atoms with Crippen molar-refractivity contribution in [2.75, 3.05) is 11.9 Å². The summed E-state index contributed by atoms with van der Waals surface area (Å²) in [5.41, 5.74) is 1.19. The average molecular weight is 589 g/mol. The smallest absolute Gasteiger partial charge is 0.294 e. The maximum absolute atomic E-state index is 12.7. The van der Waals surface area contributed by atoms with Crippen molar-refractivity contribution in [2.24, 2.45) is 0 Å². The molecule has 0 aliphatic carbocycles. The normalized spacial score (nSPS) is 15.2. The van der Waals surface area contributed by atoms with E-state index in [9.17, 15) is 14.4 Å². The lowest BCUT2D eigenvalue weighted by Crippen LogP contribution is -2.36. The molecule has 1 aliphatic rings. The fourth-order valence-electron chi connectivity index (χ4n) is 2.66. The zero-order chi connectivity index (χ0) is 22.7. The van der Waals surface area contributed by atoms with Crippen LogP contribution in [0.5, 0.6) is 5.75 Å². The molecule has 1 fully saturated rings. The largest absolute Gasteiger partial charge is 0.490 e. The summed E-state index contributed by atoms with van der Waals surface area (Å²) in [6.07, 6.45) is 1.64. The summed E-state index contributed by atoms with van der Waals surface area (Å²) >= 11 is 13.5. The molecular formula is C21H17Br2ClN2O4S. The Labute approximate surface area is 205 Å². The van der Waals surface area contributed by atoms with Crippen molar-refractivity contribution in [3.8, 4) is 5.75 Å².